The molecule has 162 valence electrons. The van der Waals surface area contributed by atoms with E-state index < -0.39 is 0 Å². The highest BCUT2D eigenvalue weighted by molar-refractivity contribution is 5.91. The van der Waals surface area contributed by atoms with Gasteiger partial charge < -0.3 is 10.1 Å². The number of ether oxygens (including phenoxy) is 1. The molecule has 2 heterocycles. The second-order valence-electron chi connectivity index (χ2n) is 9.56. The van der Waals surface area contributed by atoms with E-state index in [1.54, 1.807) is 0 Å². The van der Waals surface area contributed by atoms with Gasteiger partial charge in [0.1, 0.15) is 0 Å². The van der Waals surface area contributed by atoms with Gasteiger partial charge in [-0.2, -0.15) is 0 Å². The molecule has 1 N–H and O–H groups in total. The molecule has 0 radical (unpaired) electrons. The molecule has 1 aliphatic heterocycles. The lowest BCUT2D eigenvalue weighted by Crippen LogP contribution is -2.45. The smallest absolute Gasteiger partial charge is 0.273 e. The average Bonchev–Trinajstić information content (AvgIpc) is 3.25. The fourth-order valence-corrected chi connectivity index (χ4v) is 5.28. The Morgan fingerprint density at radius 1 is 1.20 bits per heavy atom. The number of hydrogen-bond donors (Lipinski definition) is 1. The van der Waals surface area contributed by atoms with Gasteiger partial charge >= 0.3 is 0 Å². The molecule has 0 bridgehead atoms. The minimum atomic E-state index is -0.166. The lowest BCUT2D eigenvalue weighted by Gasteiger charge is -2.45. The Labute approximate surface area is 179 Å². The first kappa shape index (κ1) is 21.0. The molecule has 6 heteroatoms. The van der Waals surface area contributed by atoms with Crippen molar-refractivity contribution in [2.75, 3.05) is 13.2 Å². The first-order valence-electron chi connectivity index (χ1n) is 11.4. The molecule has 1 saturated heterocycles. The van der Waals surface area contributed by atoms with Crippen LogP contribution in [0.15, 0.2) is 36.5 Å². The predicted molar refractivity (Wildman–Crippen MR) is 116 cm³/mol. The molecular formula is C24H34N4O2. The van der Waals surface area contributed by atoms with Crippen LogP contribution in [0.2, 0.25) is 0 Å². The van der Waals surface area contributed by atoms with Gasteiger partial charge in [-0.1, -0.05) is 54.8 Å². The third-order valence-corrected chi connectivity index (χ3v) is 6.80. The molecule has 30 heavy (non-hydrogen) atoms. The molecule has 4 rings (SSSR count). The number of carbonyl (C=O) groups excluding carboxylic acids is 1. The highest BCUT2D eigenvalue weighted by atomic mass is 16.5. The molecule has 1 aromatic carbocycles. The SMILES string of the molecule is CC1(C)CC(CCNC(=O)c2cn(C3CCCCC3)nn2)(c2ccccc2)CCO1. The highest BCUT2D eigenvalue weighted by Crippen LogP contribution is 2.43. The minimum Gasteiger partial charge on any atom is -0.376 e. The number of carbonyl (C=O) groups is 1. The number of hydrogen-bond acceptors (Lipinski definition) is 4. The summed E-state index contributed by atoms with van der Waals surface area (Å²) in [6, 6.07) is 11.1. The van der Waals surface area contributed by atoms with Crippen LogP contribution in [0.4, 0.5) is 0 Å². The molecule has 2 fully saturated rings. The predicted octanol–water partition coefficient (Wildman–Crippen LogP) is 4.43. The Balaban J connectivity index is 1.40. The Hall–Kier alpha value is -2.21. The average molecular weight is 411 g/mol. The monoisotopic (exact) mass is 410 g/mol. The summed E-state index contributed by atoms with van der Waals surface area (Å²) in [7, 11) is 0. The zero-order valence-corrected chi connectivity index (χ0v) is 18.3. The number of nitrogens with zero attached hydrogens (tertiary/aromatic N) is 3. The molecule has 1 saturated carbocycles. The Kier molecular flexibility index (Phi) is 6.23. The summed E-state index contributed by atoms with van der Waals surface area (Å²) in [6.45, 7) is 5.67. The third kappa shape index (κ3) is 4.75. The number of aromatic nitrogens is 3. The van der Waals surface area contributed by atoms with Crippen molar-refractivity contribution >= 4 is 5.91 Å². The Morgan fingerprint density at radius 2 is 1.97 bits per heavy atom. The van der Waals surface area contributed by atoms with Gasteiger partial charge in [0.25, 0.3) is 5.91 Å². The topological polar surface area (TPSA) is 69.0 Å². The minimum absolute atomic E-state index is 0.00992. The van der Waals surface area contributed by atoms with Gasteiger partial charge in [-0.25, -0.2) is 4.68 Å². The van der Waals surface area contributed by atoms with Crippen LogP contribution < -0.4 is 5.32 Å². The van der Waals surface area contributed by atoms with Crippen LogP contribution in [-0.2, 0) is 10.2 Å². The van der Waals surface area contributed by atoms with Crippen LogP contribution >= 0.6 is 0 Å². The van der Waals surface area contributed by atoms with Crippen LogP contribution in [0.5, 0.6) is 0 Å². The largest absolute Gasteiger partial charge is 0.376 e. The molecule has 1 aliphatic carbocycles. The summed E-state index contributed by atoms with van der Waals surface area (Å²) in [5, 5.41) is 11.5. The first-order chi connectivity index (χ1) is 14.5. The third-order valence-electron chi connectivity index (χ3n) is 6.80. The van der Waals surface area contributed by atoms with E-state index in [4.69, 9.17) is 4.74 Å². The Morgan fingerprint density at radius 3 is 2.70 bits per heavy atom. The standard InChI is InChI=1S/C24H34N4O2/c1-23(2)18-24(14-16-30-23,19-9-5-3-6-10-19)13-15-25-22(29)21-17-28(27-26-21)20-11-7-4-8-12-20/h3,5-6,9-10,17,20H,4,7-8,11-16,18H2,1-2H3,(H,25,29). The van der Waals surface area contributed by atoms with Gasteiger partial charge in [-0.3, -0.25) is 4.79 Å². The highest BCUT2D eigenvalue weighted by Gasteiger charge is 2.41. The fraction of sp³-hybridized carbons (Fsp3) is 0.625. The second-order valence-corrected chi connectivity index (χ2v) is 9.56. The molecule has 0 spiro atoms. The summed E-state index contributed by atoms with van der Waals surface area (Å²) in [4.78, 5) is 12.7. The van der Waals surface area contributed by atoms with Crippen LogP contribution in [0.1, 0.15) is 87.3 Å². The quantitative estimate of drug-likeness (QED) is 0.765. The number of rotatable bonds is 6. The summed E-state index contributed by atoms with van der Waals surface area (Å²) < 4.78 is 7.88. The van der Waals surface area contributed by atoms with Gasteiger partial charge in [-0.15, -0.1) is 5.10 Å². The number of nitrogens with one attached hydrogen (secondary N) is 1. The number of amides is 1. The van der Waals surface area contributed by atoms with Gasteiger partial charge in [0.15, 0.2) is 5.69 Å². The van der Waals surface area contributed by atoms with Crippen LogP contribution in [-0.4, -0.2) is 39.7 Å². The van der Waals surface area contributed by atoms with Crippen LogP contribution in [0, 0.1) is 0 Å². The van der Waals surface area contributed by atoms with Crippen molar-refractivity contribution < 1.29 is 9.53 Å². The molecule has 6 nitrogen and oxygen atoms in total. The zero-order valence-electron chi connectivity index (χ0n) is 18.3. The maximum Gasteiger partial charge on any atom is 0.273 e. The lowest BCUT2D eigenvalue weighted by atomic mass is 9.67. The summed E-state index contributed by atoms with van der Waals surface area (Å²) >= 11 is 0. The van der Waals surface area contributed by atoms with Crippen molar-refractivity contribution in [1.29, 1.82) is 0 Å². The first-order valence-corrected chi connectivity index (χ1v) is 11.4. The lowest BCUT2D eigenvalue weighted by molar-refractivity contribution is -0.0838. The molecule has 1 unspecified atom stereocenters. The van der Waals surface area contributed by atoms with Gasteiger partial charge in [0, 0.05) is 18.6 Å². The summed E-state index contributed by atoms with van der Waals surface area (Å²) in [5.41, 5.74) is 1.59. The normalized spacial score (nSPS) is 24.5. The Bertz CT molecular complexity index is 842. The van der Waals surface area contributed by atoms with Crippen LogP contribution in [0.3, 0.4) is 0 Å². The fourth-order valence-electron chi connectivity index (χ4n) is 5.28. The van der Waals surface area contributed by atoms with E-state index in [2.05, 4.69) is 59.8 Å². The number of benzene rings is 1. The van der Waals surface area contributed by atoms with Crippen molar-refractivity contribution in [1.82, 2.24) is 20.3 Å². The van der Waals surface area contributed by atoms with Crippen molar-refractivity contribution in [3.8, 4) is 0 Å². The van der Waals surface area contributed by atoms with E-state index >= 15 is 0 Å². The van der Waals surface area contributed by atoms with Crippen molar-refractivity contribution in [2.24, 2.45) is 0 Å². The molecule has 1 atom stereocenters. The van der Waals surface area contributed by atoms with E-state index in [0.717, 1.165) is 38.7 Å². The molecule has 2 aromatic rings. The van der Waals surface area contributed by atoms with Crippen LogP contribution in [0.25, 0.3) is 0 Å². The summed E-state index contributed by atoms with van der Waals surface area (Å²) in [6.07, 6.45) is 10.6. The second kappa shape index (κ2) is 8.88. The van der Waals surface area contributed by atoms with E-state index in [0.29, 0.717) is 18.3 Å². The van der Waals surface area contributed by atoms with Crippen molar-refractivity contribution in [2.45, 2.75) is 82.3 Å². The van der Waals surface area contributed by atoms with Gasteiger partial charge in [0.05, 0.1) is 17.8 Å². The van der Waals surface area contributed by atoms with E-state index in [9.17, 15) is 4.79 Å². The molecule has 1 amide bonds. The van der Waals surface area contributed by atoms with Gasteiger partial charge in [0.2, 0.25) is 0 Å². The summed E-state index contributed by atoms with van der Waals surface area (Å²) in [5.74, 6) is -0.133. The van der Waals surface area contributed by atoms with Crippen molar-refractivity contribution in [3.05, 3.63) is 47.8 Å². The zero-order chi connectivity index (χ0) is 21.0. The van der Waals surface area contributed by atoms with E-state index in [-0.39, 0.29) is 16.9 Å². The van der Waals surface area contributed by atoms with E-state index in [1.807, 2.05) is 10.9 Å². The van der Waals surface area contributed by atoms with Crippen molar-refractivity contribution in [3.63, 3.8) is 0 Å². The van der Waals surface area contributed by atoms with E-state index in [1.165, 1.54) is 24.8 Å². The molecular weight excluding hydrogens is 376 g/mol. The maximum atomic E-state index is 12.7. The molecule has 2 aliphatic rings. The van der Waals surface area contributed by atoms with Gasteiger partial charge in [-0.05, 0) is 51.5 Å². The molecule has 1 aromatic heterocycles. The maximum absolute atomic E-state index is 12.7.